The van der Waals surface area contributed by atoms with Crippen molar-refractivity contribution in [2.24, 2.45) is 11.8 Å². The number of halogens is 1. The molecule has 0 saturated carbocycles. The van der Waals surface area contributed by atoms with Crippen LogP contribution in [0.1, 0.15) is 20.3 Å². The molecule has 0 fully saturated rings. The number of aliphatic carboxylic acids is 1. The Morgan fingerprint density at radius 3 is 2.40 bits per heavy atom. The molecule has 60 valence electrons. The number of hydrogen-bond acceptors (Lipinski definition) is 1. The third-order valence-corrected chi connectivity index (χ3v) is 1.97. The van der Waals surface area contributed by atoms with Crippen molar-refractivity contribution in [3.8, 4) is 0 Å². The zero-order valence-electron chi connectivity index (χ0n) is 6.30. The van der Waals surface area contributed by atoms with Crippen LogP contribution in [0.3, 0.4) is 0 Å². The van der Waals surface area contributed by atoms with Gasteiger partial charge in [0, 0.05) is 5.88 Å². The summed E-state index contributed by atoms with van der Waals surface area (Å²) in [6.07, 6.45) is 0.666. The van der Waals surface area contributed by atoms with E-state index < -0.39 is 5.97 Å². The van der Waals surface area contributed by atoms with Crippen LogP contribution in [0.15, 0.2) is 0 Å². The molecule has 0 radical (unpaired) electrons. The van der Waals surface area contributed by atoms with E-state index >= 15 is 0 Å². The second kappa shape index (κ2) is 4.56. The summed E-state index contributed by atoms with van der Waals surface area (Å²) in [5, 5.41) is 8.48. The summed E-state index contributed by atoms with van der Waals surface area (Å²) in [6, 6.07) is 0. The molecule has 0 amide bonds. The summed E-state index contributed by atoms with van der Waals surface area (Å²) < 4.78 is 0. The first-order valence-electron chi connectivity index (χ1n) is 3.36. The SMILES string of the molecule is CC(CCl)CC(C)C(=O)O. The highest BCUT2D eigenvalue weighted by molar-refractivity contribution is 6.18. The molecule has 0 aromatic rings. The van der Waals surface area contributed by atoms with Gasteiger partial charge in [0.25, 0.3) is 0 Å². The van der Waals surface area contributed by atoms with Gasteiger partial charge >= 0.3 is 5.97 Å². The lowest BCUT2D eigenvalue weighted by Gasteiger charge is -2.09. The summed E-state index contributed by atoms with van der Waals surface area (Å²) >= 11 is 5.51. The van der Waals surface area contributed by atoms with E-state index in [1.165, 1.54) is 0 Å². The van der Waals surface area contributed by atoms with Crippen LogP contribution in [0.4, 0.5) is 0 Å². The molecule has 0 rings (SSSR count). The zero-order valence-corrected chi connectivity index (χ0v) is 7.06. The van der Waals surface area contributed by atoms with Gasteiger partial charge < -0.3 is 5.11 Å². The third kappa shape index (κ3) is 3.72. The minimum absolute atomic E-state index is 0.270. The fourth-order valence-electron chi connectivity index (χ4n) is 0.767. The van der Waals surface area contributed by atoms with Crippen LogP contribution in [0.25, 0.3) is 0 Å². The maximum atomic E-state index is 10.3. The molecule has 0 aromatic heterocycles. The van der Waals surface area contributed by atoms with Gasteiger partial charge in [-0.25, -0.2) is 0 Å². The standard InChI is InChI=1S/C7H13ClO2/c1-5(4-8)3-6(2)7(9)10/h5-6H,3-4H2,1-2H3,(H,9,10). The Hall–Kier alpha value is -0.240. The van der Waals surface area contributed by atoms with Crippen LogP contribution in [-0.4, -0.2) is 17.0 Å². The highest BCUT2D eigenvalue weighted by atomic mass is 35.5. The Kier molecular flexibility index (Phi) is 4.45. The van der Waals surface area contributed by atoms with E-state index in [4.69, 9.17) is 16.7 Å². The average molecular weight is 165 g/mol. The quantitative estimate of drug-likeness (QED) is 0.646. The van der Waals surface area contributed by atoms with Gasteiger partial charge in [-0.05, 0) is 12.3 Å². The molecule has 2 atom stereocenters. The highest BCUT2D eigenvalue weighted by Gasteiger charge is 2.13. The van der Waals surface area contributed by atoms with E-state index in [0.29, 0.717) is 18.2 Å². The third-order valence-electron chi connectivity index (χ3n) is 1.44. The van der Waals surface area contributed by atoms with E-state index in [1.807, 2.05) is 6.92 Å². The summed E-state index contributed by atoms with van der Waals surface area (Å²) in [7, 11) is 0. The van der Waals surface area contributed by atoms with Gasteiger partial charge in [0.05, 0.1) is 5.92 Å². The Morgan fingerprint density at radius 2 is 2.10 bits per heavy atom. The lowest BCUT2D eigenvalue weighted by molar-refractivity contribution is -0.141. The summed E-state index contributed by atoms with van der Waals surface area (Å²) in [4.78, 5) is 10.3. The Bertz CT molecular complexity index is 114. The lowest BCUT2D eigenvalue weighted by atomic mass is 9.99. The maximum Gasteiger partial charge on any atom is 0.306 e. The van der Waals surface area contributed by atoms with Crippen molar-refractivity contribution in [1.82, 2.24) is 0 Å². The number of alkyl halides is 1. The van der Waals surface area contributed by atoms with Crippen molar-refractivity contribution in [1.29, 1.82) is 0 Å². The fourth-order valence-corrected chi connectivity index (χ4v) is 0.893. The van der Waals surface area contributed by atoms with Crippen molar-refractivity contribution in [2.75, 3.05) is 5.88 Å². The van der Waals surface area contributed by atoms with E-state index in [0.717, 1.165) is 0 Å². The first-order chi connectivity index (χ1) is 4.57. The minimum Gasteiger partial charge on any atom is -0.481 e. The number of carboxylic acid groups (broad SMARTS) is 1. The van der Waals surface area contributed by atoms with Gasteiger partial charge in [0.1, 0.15) is 0 Å². The highest BCUT2D eigenvalue weighted by Crippen LogP contribution is 2.12. The molecule has 10 heavy (non-hydrogen) atoms. The van der Waals surface area contributed by atoms with Crippen molar-refractivity contribution in [2.45, 2.75) is 20.3 Å². The van der Waals surface area contributed by atoms with E-state index in [2.05, 4.69) is 0 Å². The molecule has 0 heterocycles. The van der Waals surface area contributed by atoms with Crippen molar-refractivity contribution in [3.63, 3.8) is 0 Å². The molecular weight excluding hydrogens is 152 g/mol. The summed E-state index contributed by atoms with van der Waals surface area (Å²) in [5.41, 5.74) is 0. The second-order valence-corrected chi connectivity index (χ2v) is 3.04. The van der Waals surface area contributed by atoms with Crippen LogP contribution in [0.2, 0.25) is 0 Å². The van der Waals surface area contributed by atoms with Crippen LogP contribution in [-0.2, 0) is 4.79 Å². The first-order valence-corrected chi connectivity index (χ1v) is 3.90. The first kappa shape index (κ1) is 9.76. The van der Waals surface area contributed by atoms with E-state index in [-0.39, 0.29) is 5.92 Å². The number of carbonyl (C=O) groups is 1. The van der Waals surface area contributed by atoms with Crippen LogP contribution < -0.4 is 0 Å². The van der Waals surface area contributed by atoms with Crippen molar-refractivity contribution < 1.29 is 9.90 Å². The molecule has 0 saturated heterocycles. The van der Waals surface area contributed by atoms with E-state index in [1.54, 1.807) is 6.92 Å². The second-order valence-electron chi connectivity index (χ2n) is 2.73. The molecule has 0 aliphatic heterocycles. The predicted octanol–water partition coefficient (Wildman–Crippen LogP) is 1.97. The molecule has 1 N–H and O–H groups in total. The van der Waals surface area contributed by atoms with Gasteiger partial charge in [-0.1, -0.05) is 13.8 Å². The molecular formula is C7H13ClO2. The molecule has 3 heteroatoms. The monoisotopic (exact) mass is 164 g/mol. The van der Waals surface area contributed by atoms with Crippen LogP contribution in [0.5, 0.6) is 0 Å². The molecule has 0 aliphatic rings. The van der Waals surface area contributed by atoms with E-state index in [9.17, 15) is 4.79 Å². The van der Waals surface area contributed by atoms with Gasteiger partial charge in [0.2, 0.25) is 0 Å². The van der Waals surface area contributed by atoms with Crippen LogP contribution in [0, 0.1) is 11.8 Å². The Balaban J connectivity index is 3.56. The largest absolute Gasteiger partial charge is 0.481 e. The maximum absolute atomic E-state index is 10.3. The molecule has 0 bridgehead atoms. The van der Waals surface area contributed by atoms with Crippen molar-refractivity contribution in [3.05, 3.63) is 0 Å². The fraction of sp³-hybridized carbons (Fsp3) is 0.857. The molecule has 0 aliphatic carbocycles. The number of carboxylic acids is 1. The smallest absolute Gasteiger partial charge is 0.306 e. The topological polar surface area (TPSA) is 37.3 Å². The predicted molar refractivity (Wildman–Crippen MR) is 41.3 cm³/mol. The summed E-state index contributed by atoms with van der Waals surface area (Å²) in [5.74, 6) is -0.170. The van der Waals surface area contributed by atoms with Gasteiger partial charge in [-0.3, -0.25) is 4.79 Å². The zero-order chi connectivity index (χ0) is 8.15. The Labute approximate surface area is 66.2 Å². The van der Waals surface area contributed by atoms with Gasteiger partial charge in [-0.2, -0.15) is 0 Å². The lowest BCUT2D eigenvalue weighted by Crippen LogP contribution is -2.13. The van der Waals surface area contributed by atoms with Crippen LogP contribution >= 0.6 is 11.6 Å². The summed E-state index contributed by atoms with van der Waals surface area (Å²) in [6.45, 7) is 3.65. The molecule has 0 aromatic carbocycles. The van der Waals surface area contributed by atoms with Gasteiger partial charge in [0.15, 0.2) is 0 Å². The molecule has 0 spiro atoms. The van der Waals surface area contributed by atoms with Gasteiger partial charge in [-0.15, -0.1) is 11.6 Å². The minimum atomic E-state index is -0.739. The number of rotatable bonds is 4. The molecule has 2 unspecified atom stereocenters. The molecule has 2 nitrogen and oxygen atoms in total. The normalized spacial score (nSPS) is 16.3. The van der Waals surface area contributed by atoms with Crippen molar-refractivity contribution >= 4 is 17.6 Å². The average Bonchev–Trinajstić information content (AvgIpc) is 1.87. The Morgan fingerprint density at radius 1 is 1.60 bits per heavy atom. The number of hydrogen-bond donors (Lipinski definition) is 1.